The van der Waals surface area contributed by atoms with Crippen molar-refractivity contribution in [3.05, 3.63) is 10.8 Å². The molecule has 0 bridgehead atoms. The molecule has 1 saturated heterocycles. The van der Waals surface area contributed by atoms with Gasteiger partial charge < -0.3 is 5.32 Å². The molecule has 1 atom stereocenters. The van der Waals surface area contributed by atoms with Crippen LogP contribution in [0.3, 0.4) is 0 Å². The Morgan fingerprint density at radius 1 is 1.37 bits per heavy atom. The minimum Gasteiger partial charge on any atom is -0.316 e. The Morgan fingerprint density at radius 2 is 2.21 bits per heavy atom. The lowest BCUT2D eigenvalue weighted by atomic mass is 9.77. The topological polar surface area (TPSA) is 55.1 Å². The van der Waals surface area contributed by atoms with E-state index in [4.69, 9.17) is 5.10 Å². The molecule has 0 spiro atoms. The van der Waals surface area contributed by atoms with Crippen molar-refractivity contribution in [3.8, 4) is 0 Å². The monoisotopic (exact) mass is 277 g/mol. The van der Waals surface area contributed by atoms with Crippen molar-refractivity contribution >= 4 is 16.3 Å². The summed E-state index contributed by atoms with van der Waals surface area (Å²) in [5.74, 6) is 2.26. The summed E-state index contributed by atoms with van der Waals surface area (Å²) in [7, 11) is 0. The van der Waals surface area contributed by atoms with Crippen LogP contribution in [0.5, 0.6) is 0 Å². The van der Waals surface area contributed by atoms with Crippen molar-refractivity contribution in [1.29, 1.82) is 0 Å². The van der Waals surface area contributed by atoms with Gasteiger partial charge in [0.05, 0.1) is 0 Å². The average Bonchev–Trinajstić information content (AvgIpc) is 2.84. The number of nitrogens with one attached hydrogen (secondary N) is 1. The molecule has 1 aliphatic heterocycles. The number of rotatable bonds is 3. The Hall–Kier alpha value is -1.01. The van der Waals surface area contributed by atoms with Crippen LogP contribution in [0.2, 0.25) is 0 Å². The second-order valence-electron chi connectivity index (χ2n) is 6.17. The Balaban J connectivity index is 1.81. The highest BCUT2D eigenvalue weighted by molar-refractivity contribution is 7.16. The summed E-state index contributed by atoms with van der Waals surface area (Å²) in [5.41, 5.74) is 0.187. The van der Waals surface area contributed by atoms with E-state index in [1.54, 1.807) is 11.3 Å². The maximum Gasteiger partial charge on any atom is 0.234 e. The molecule has 2 aliphatic rings. The van der Waals surface area contributed by atoms with E-state index < -0.39 is 0 Å². The Bertz CT molecular complexity index is 604. The van der Waals surface area contributed by atoms with Gasteiger partial charge in [-0.25, -0.2) is 0 Å². The summed E-state index contributed by atoms with van der Waals surface area (Å²) in [6, 6.07) is 0. The lowest BCUT2D eigenvalue weighted by molar-refractivity contribution is 0.332. The van der Waals surface area contributed by atoms with Crippen LogP contribution in [-0.4, -0.2) is 32.9 Å². The Labute approximate surface area is 116 Å². The van der Waals surface area contributed by atoms with Crippen LogP contribution >= 0.6 is 11.3 Å². The van der Waals surface area contributed by atoms with Crippen molar-refractivity contribution < 1.29 is 0 Å². The SMILES string of the molecule is CC(C)C1(c2nn3c(C4CC4)nnc3s2)CCNC1. The van der Waals surface area contributed by atoms with Gasteiger partial charge in [-0.2, -0.15) is 9.61 Å². The first kappa shape index (κ1) is 11.8. The molecule has 1 unspecified atom stereocenters. The number of hydrogen-bond acceptors (Lipinski definition) is 5. The van der Waals surface area contributed by atoms with Crippen molar-refractivity contribution in [2.75, 3.05) is 13.1 Å². The van der Waals surface area contributed by atoms with Gasteiger partial charge in [0.2, 0.25) is 4.96 Å². The van der Waals surface area contributed by atoms with Gasteiger partial charge in [-0.15, -0.1) is 10.2 Å². The van der Waals surface area contributed by atoms with Crippen LogP contribution in [0.4, 0.5) is 0 Å². The van der Waals surface area contributed by atoms with Gasteiger partial charge in [0.25, 0.3) is 0 Å². The molecular formula is C13H19N5S. The first-order chi connectivity index (χ1) is 9.21. The molecule has 4 rings (SSSR count). The number of fused-ring (bicyclic) bond motifs is 1. The molecule has 0 aromatic carbocycles. The zero-order valence-corrected chi connectivity index (χ0v) is 12.2. The summed E-state index contributed by atoms with van der Waals surface area (Å²) in [5, 5.41) is 18.2. The highest BCUT2D eigenvalue weighted by Gasteiger charge is 2.42. The highest BCUT2D eigenvalue weighted by Crippen LogP contribution is 2.42. The summed E-state index contributed by atoms with van der Waals surface area (Å²) < 4.78 is 2.00. The molecule has 0 amide bonds. The maximum absolute atomic E-state index is 4.88. The molecule has 1 aliphatic carbocycles. The summed E-state index contributed by atoms with van der Waals surface area (Å²) in [6.07, 6.45) is 3.66. The fourth-order valence-corrected chi connectivity index (χ4v) is 4.27. The Morgan fingerprint density at radius 3 is 2.84 bits per heavy atom. The van der Waals surface area contributed by atoms with E-state index in [1.807, 2.05) is 4.52 Å². The van der Waals surface area contributed by atoms with Gasteiger partial charge in [-0.3, -0.25) is 0 Å². The van der Waals surface area contributed by atoms with E-state index in [0.717, 1.165) is 23.9 Å². The fraction of sp³-hybridized carbons (Fsp3) is 0.769. The van der Waals surface area contributed by atoms with Crippen molar-refractivity contribution in [2.45, 2.75) is 44.4 Å². The van der Waals surface area contributed by atoms with Gasteiger partial charge in [0.1, 0.15) is 5.01 Å². The second-order valence-corrected chi connectivity index (χ2v) is 7.13. The largest absolute Gasteiger partial charge is 0.316 e. The third kappa shape index (κ3) is 1.66. The molecule has 5 nitrogen and oxygen atoms in total. The van der Waals surface area contributed by atoms with Gasteiger partial charge in [0, 0.05) is 17.9 Å². The molecule has 2 aromatic rings. The van der Waals surface area contributed by atoms with Crippen LogP contribution in [0.15, 0.2) is 0 Å². The molecular weight excluding hydrogens is 258 g/mol. The second kappa shape index (κ2) is 3.99. The van der Waals surface area contributed by atoms with E-state index in [2.05, 4.69) is 29.4 Å². The third-order valence-corrected chi connectivity index (χ3v) is 5.80. The molecule has 0 radical (unpaired) electrons. The summed E-state index contributed by atoms with van der Waals surface area (Å²) in [4.78, 5) is 0.962. The van der Waals surface area contributed by atoms with Crippen LogP contribution in [0, 0.1) is 5.92 Å². The normalized spacial score (nSPS) is 27.7. The molecule has 2 aromatic heterocycles. The van der Waals surface area contributed by atoms with E-state index in [9.17, 15) is 0 Å². The molecule has 3 heterocycles. The lowest BCUT2D eigenvalue weighted by Gasteiger charge is -2.29. The predicted molar refractivity (Wildman–Crippen MR) is 74.6 cm³/mol. The predicted octanol–water partition coefficient (Wildman–Crippen LogP) is 1.95. The standard InChI is InChI=1S/C13H19N5S/c1-8(2)13(5-6-14-7-13)11-17-18-10(9-3-4-9)15-16-12(18)19-11/h8-9,14H,3-7H2,1-2H3. The van der Waals surface area contributed by atoms with E-state index in [0.29, 0.717) is 11.8 Å². The summed E-state index contributed by atoms with van der Waals surface area (Å²) in [6.45, 7) is 6.73. The summed E-state index contributed by atoms with van der Waals surface area (Å²) >= 11 is 1.73. The number of aromatic nitrogens is 4. The van der Waals surface area contributed by atoms with Crippen molar-refractivity contribution in [2.24, 2.45) is 5.92 Å². The van der Waals surface area contributed by atoms with E-state index in [1.165, 1.54) is 24.3 Å². The van der Waals surface area contributed by atoms with Gasteiger partial charge in [-0.1, -0.05) is 25.2 Å². The number of nitrogens with zero attached hydrogens (tertiary/aromatic N) is 4. The molecule has 102 valence electrons. The average molecular weight is 277 g/mol. The van der Waals surface area contributed by atoms with Crippen LogP contribution in [0.25, 0.3) is 4.96 Å². The Kier molecular flexibility index (Phi) is 2.48. The minimum absolute atomic E-state index is 0.187. The molecule has 6 heteroatoms. The lowest BCUT2D eigenvalue weighted by Crippen LogP contribution is -2.34. The molecule has 1 saturated carbocycles. The zero-order chi connectivity index (χ0) is 13.0. The van der Waals surface area contributed by atoms with Crippen LogP contribution in [-0.2, 0) is 5.41 Å². The van der Waals surface area contributed by atoms with Crippen LogP contribution < -0.4 is 5.32 Å². The van der Waals surface area contributed by atoms with Gasteiger partial charge >= 0.3 is 0 Å². The van der Waals surface area contributed by atoms with Crippen molar-refractivity contribution in [3.63, 3.8) is 0 Å². The third-order valence-electron chi connectivity index (χ3n) is 4.68. The minimum atomic E-state index is 0.187. The van der Waals surface area contributed by atoms with E-state index >= 15 is 0 Å². The van der Waals surface area contributed by atoms with E-state index in [-0.39, 0.29) is 5.41 Å². The molecule has 19 heavy (non-hydrogen) atoms. The first-order valence-electron chi connectivity index (χ1n) is 7.14. The first-order valence-corrected chi connectivity index (χ1v) is 7.96. The fourth-order valence-electron chi connectivity index (χ4n) is 3.06. The molecule has 2 fully saturated rings. The maximum atomic E-state index is 4.88. The van der Waals surface area contributed by atoms with Crippen LogP contribution in [0.1, 0.15) is 49.9 Å². The van der Waals surface area contributed by atoms with Gasteiger partial charge in [-0.05, 0) is 31.7 Å². The quantitative estimate of drug-likeness (QED) is 0.931. The van der Waals surface area contributed by atoms with Crippen molar-refractivity contribution in [1.82, 2.24) is 25.1 Å². The highest BCUT2D eigenvalue weighted by atomic mass is 32.1. The number of hydrogen-bond donors (Lipinski definition) is 1. The zero-order valence-electron chi connectivity index (χ0n) is 11.4. The van der Waals surface area contributed by atoms with Gasteiger partial charge in [0.15, 0.2) is 5.82 Å². The smallest absolute Gasteiger partial charge is 0.234 e. The molecule has 1 N–H and O–H groups in total.